The zero-order valence-electron chi connectivity index (χ0n) is 13.0. The largest absolute Gasteiger partial charge is 0.347 e. The molecule has 1 saturated heterocycles. The predicted octanol–water partition coefficient (Wildman–Crippen LogP) is 2.59. The molecule has 0 aromatic carbocycles. The topological polar surface area (TPSA) is 53.4 Å². The number of nitrogens with zero attached hydrogens (tertiary/aromatic N) is 4. The number of nitrogens with one attached hydrogen (secondary N) is 1. The van der Waals surface area contributed by atoms with Crippen molar-refractivity contribution in [2.75, 3.05) is 13.1 Å². The summed E-state index contributed by atoms with van der Waals surface area (Å²) < 4.78 is 0. The molecule has 3 rings (SSSR count). The molecule has 2 heterocycles. The molecule has 2 aliphatic rings. The van der Waals surface area contributed by atoms with E-state index in [-0.39, 0.29) is 0 Å². The summed E-state index contributed by atoms with van der Waals surface area (Å²) in [5.74, 6) is 1.58. The Labute approximate surface area is 137 Å². The summed E-state index contributed by atoms with van der Waals surface area (Å²) in [6, 6.07) is 1.85. The maximum absolute atomic E-state index is 5.56. The van der Waals surface area contributed by atoms with Gasteiger partial charge in [-0.2, -0.15) is 5.10 Å². The first-order valence-electron chi connectivity index (χ1n) is 8.08. The molecule has 2 atom stereocenters. The van der Waals surface area contributed by atoms with E-state index in [9.17, 15) is 0 Å². The third-order valence-corrected chi connectivity index (χ3v) is 5.07. The van der Waals surface area contributed by atoms with Crippen LogP contribution < -0.4 is 5.43 Å². The fraction of sp³-hybridized carbons (Fsp3) is 0.625. The lowest BCUT2D eigenvalue weighted by atomic mass is 10.00. The first-order valence-corrected chi connectivity index (χ1v) is 8.49. The minimum atomic E-state index is 0.743. The highest BCUT2D eigenvalue weighted by Gasteiger charge is 2.28. The first kappa shape index (κ1) is 15.3. The number of rotatable bonds is 2. The highest BCUT2D eigenvalue weighted by atomic mass is 32.1. The van der Waals surface area contributed by atoms with Crippen LogP contribution in [0.3, 0.4) is 0 Å². The number of aromatic nitrogens is 2. The van der Waals surface area contributed by atoms with Crippen molar-refractivity contribution in [3.8, 4) is 0 Å². The van der Waals surface area contributed by atoms with Crippen molar-refractivity contribution in [3.05, 3.63) is 24.3 Å². The second-order valence-electron chi connectivity index (χ2n) is 6.35. The first-order chi connectivity index (χ1) is 10.7. The van der Waals surface area contributed by atoms with Crippen LogP contribution in [0.1, 0.15) is 44.7 Å². The lowest BCUT2D eigenvalue weighted by molar-refractivity contribution is 0.286. The molecule has 0 radical (unpaired) electrons. The van der Waals surface area contributed by atoms with Gasteiger partial charge in [-0.05, 0) is 62.7 Å². The molecule has 0 spiro atoms. The minimum Gasteiger partial charge on any atom is -0.347 e. The molecule has 0 amide bonds. The standard InChI is InChI=1S/C16H23N5S/c1-12(15-7-8-17-11-18-15)19-20-16(22)21-9-13-3-2-4-14(10-21)6-5-13/h7-8,11,13-14H,2-6,9-10H2,1H3,(H,20,22)/b19-12+/t13-,14+. The van der Waals surface area contributed by atoms with Gasteiger partial charge < -0.3 is 4.90 Å². The highest BCUT2D eigenvalue weighted by Crippen LogP contribution is 2.32. The third-order valence-electron chi connectivity index (χ3n) is 4.72. The molecule has 1 aromatic heterocycles. The van der Waals surface area contributed by atoms with Crippen molar-refractivity contribution in [2.45, 2.75) is 39.0 Å². The lowest BCUT2D eigenvalue weighted by Gasteiger charge is -2.30. The lowest BCUT2D eigenvalue weighted by Crippen LogP contribution is -2.42. The van der Waals surface area contributed by atoms with E-state index in [1.54, 1.807) is 6.20 Å². The summed E-state index contributed by atoms with van der Waals surface area (Å²) in [5.41, 5.74) is 4.69. The number of fused-ring (bicyclic) bond motifs is 3. The van der Waals surface area contributed by atoms with E-state index >= 15 is 0 Å². The van der Waals surface area contributed by atoms with Crippen molar-refractivity contribution in [3.63, 3.8) is 0 Å². The molecule has 1 aliphatic heterocycles. The number of hydrogen-bond donors (Lipinski definition) is 1. The quantitative estimate of drug-likeness (QED) is 0.516. The maximum atomic E-state index is 5.56. The van der Waals surface area contributed by atoms with E-state index in [1.165, 1.54) is 38.4 Å². The van der Waals surface area contributed by atoms with Gasteiger partial charge in [0.25, 0.3) is 0 Å². The molecule has 2 fully saturated rings. The van der Waals surface area contributed by atoms with Crippen LogP contribution in [0.2, 0.25) is 0 Å². The fourth-order valence-electron chi connectivity index (χ4n) is 3.45. The van der Waals surface area contributed by atoms with Crippen LogP contribution in [0.4, 0.5) is 0 Å². The number of likely N-dealkylation sites (tertiary alicyclic amines) is 1. The minimum absolute atomic E-state index is 0.743. The monoisotopic (exact) mass is 317 g/mol. The molecule has 22 heavy (non-hydrogen) atoms. The molecule has 1 N–H and O–H groups in total. The molecule has 1 aliphatic carbocycles. The Hall–Kier alpha value is -1.56. The van der Waals surface area contributed by atoms with Gasteiger partial charge in [-0.3, -0.25) is 5.43 Å². The van der Waals surface area contributed by atoms with E-state index in [1.807, 2.05) is 13.0 Å². The molecule has 2 bridgehead atoms. The molecule has 0 unspecified atom stereocenters. The smallest absolute Gasteiger partial charge is 0.189 e. The van der Waals surface area contributed by atoms with Crippen LogP contribution >= 0.6 is 12.2 Å². The zero-order valence-corrected chi connectivity index (χ0v) is 13.9. The molecule has 1 aromatic rings. The van der Waals surface area contributed by atoms with Gasteiger partial charge in [-0.15, -0.1) is 0 Å². The van der Waals surface area contributed by atoms with Gasteiger partial charge in [0.15, 0.2) is 5.11 Å². The Morgan fingerprint density at radius 2 is 2.00 bits per heavy atom. The summed E-state index contributed by atoms with van der Waals surface area (Å²) in [6.07, 6.45) is 10.0. The van der Waals surface area contributed by atoms with Gasteiger partial charge >= 0.3 is 0 Å². The molecular weight excluding hydrogens is 294 g/mol. The van der Waals surface area contributed by atoms with Crippen molar-refractivity contribution in [1.29, 1.82) is 0 Å². The van der Waals surface area contributed by atoms with E-state index in [4.69, 9.17) is 12.2 Å². The second-order valence-corrected chi connectivity index (χ2v) is 6.74. The van der Waals surface area contributed by atoms with Gasteiger partial charge in [-0.1, -0.05) is 6.42 Å². The zero-order chi connectivity index (χ0) is 15.4. The number of hydrazone groups is 1. The van der Waals surface area contributed by atoms with Crippen LogP contribution in [0.15, 0.2) is 23.7 Å². The van der Waals surface area contributed by atoms with E-state index in [0.717, 1.165) is 41.4 Å². The summed E-state index contributed by atoms with van der Waals surface area (Å²) in [5, 5.41) is 5.13. The Kier molecular flexibility index (Phi) is 4.97. The summed E-state index contributed by atoms with van der Waals surface area (Å²) in [6.45, 7) is 4.07. The van der Waals surface area contributed by atoms with Crippen LogP contribution in [0.5, 0.6) is 0 Å². The third kappa shape index (κ3) is 3.80. The van der Waals surface area contributed by atoms with E-state index in [0.29, 0.717) is 0 Å². The summed E-state index contributed by atoms with van der Waals surface area (Å²) >= 11 is 5.56. The van der Waals surface area contributed by atoms with Gasteiger partial charge in [0.1, 0.15) is 6.33 Å². The second kappa shape index (κ2) is 7.13. The Bertz CT molecular complexity index is 531. The highest BCUT2D eigenvalue weighted by molar-refractivity contribution is 7.80. The number of hydrogen-bond acceptors (Lipinski definition) is 4. The Morgan fingerprint density at radius 3 is 2.64 bits per heavy atom. The van der Waals surface area contributed by atoms with Gasteiger partial charge in [0.2, 0.25) is 0 Å². The van der Waals surface area contributed by atoms with Crippen molar-refractivity contribution in [2.24, 2.45) is 16.9 Å². The summed E-state index contributed by atoms with van der Waals surface area (Å²) in [7, 11) is 0. The van der Waals surface area contributed by atoms with Crippen LogP contribution in [-0.4, -0.2) is 38.8 Å². The van der Waals surface area contributed by atoms with Gasteiger partial charge in [0, 0.05) is 19.3 Å². The Morgan fingerprint density at radius 1 is 1.27 bits per heavy atom. The SMILES string of the molecule is C/C(=N\NC(=S)N1C[C@@H]2CCC[C@@H](CC2)C1)c1ccncn1. The van der Waals surface area contributed by atoms with Crippen molar-refractivity contribution < 1.29 is 0 Å². The van der Waals surface area contributed by atoms with Crippen molar-refractivity contribution in [1.82, 2.24) is 20.3 Å². The average Bonchev–Trinajstić information content (AvgIpc) is 2.87. The molecule has 118 valence electrons. The van der Waals surface area contributed by atoms with Gasteiger partial charge in [0.05, 0.1) is 11.4 Å². The van der Waals surface area contributed by atoms with Crippen molar-refractivity contribution >= 4 is 23.0 Å². The van der Waals surface area contributed by atoms with Gasteiger partial charge in [-0.25, -0.2) is 9.97 Å². The van der Waals surface area contributed by atoms with Crippen LogP contribution in [-0.2, 0) is 0 Å². The van der Waals surface area contributed by atoms with Crippen LogP contribution in [0, 0.1) is 11.8 Å². The average molecular weight is 317 g/mol. The normalized spacial score (nSPS) is 25.5. The molecule has 5 nitrogen and oxygen atoms in total. The van der Waals surface area contributed by atoms with Crippen LogP contribution in [0.25, 0.3) is 0 Å². The van der Waals surface area contributed by atoms with E-state index < -0.39 is 0 Å². The molecule has 6 heteroatoms. The number of thiocarbonyl (C=S) groups is 1. The Balaban J connectivity index is 1.62. The molecular formula is C16H23N5S. The summed E-state index contributed by atoms with van der Waals surface area (Å²) in [4.78, 5) is 10.4. The van der Waals surface area contributed by atoms with E-state index in [2.05, 4.69) is 25.4 Å². The maximum Gasteiger partial charge on any atom is 0.189 e. The molecule has 1 saturated carbocycles. The predicted molar refractivity (Wildman–Crippen MR) is 91.6 cm³/mol. The fourth-order valence-corrected chi connectivity index (χ4v) is 3.64.